The van der Waals surface area contributed by atoms with Crippen LogP contribution < -0.4 is 20.5 Å². The highest BCUT2D eigenvalue weighted by atomic mass is 35.5. The van der Waals surface area contributed by atoms with Crippen LogP contribution in [-0.2, 0) is 14.9 Å². The van der Waals surface area contributed by atoms with E-state index in [0.717, 1.165) is 5.56 Å². The van der Waals surface area contributed by atoms with E-state index in [1.54, 1.807) is 21.3 Å². The lowest BCUT2D eigenvalue weighted by atomic mass is 9.84. The Morgan fingerprint density at radius 1 is 1.21 bits per heavy atom. The van der Waals surface area contributed by atoms with E-state index in [0.29, 0.717) is 24.6 Å². The van der Waals surface area contributed by atoms with Gasteiger partial charge in [0.25, 0.3) is 0 Å². The summed E-state index contributed by atoms with van der Waals surface area (Å²) in [7, 11) is 4.76. The molecule has 138 valence electrons. The summed E-state index contributed by atoms with van der Waals surface area (Å²) >= 11 is 0. The van der Waals surface area contributed by atoms with Gasteiger partial charge in [0.05, 0.1) is 26.7 Å². The van der Waals surface area contributed by atoms with Crippen LogP contribution in [0.3, 0.4) is 0 Å². The Labute approximate surface area is 150 Å². The Morgan fingerprint density at radius 2 is 1.83 bits per heavy atom. The number of methoxy groups -OCH3 is 3. The van der Waals surface area contributed by atoms with Gasteiger partial charge in [-0.1, -0.05) is 19.9 Å². The van der Waals surface area contributed by atoms with E-state index in [2.05, 4.69) is 19.2 Å². The zero-order valence-electron chi connectivity index (χ0n) is 15.0. The molecule has 3 N–H and O–H groups in total. The van der Waals surface area contributed by atoms with Gasteiger partial charge in [0.1, 0.15) is 0 Å². The second-order valence-corrected chi connectivity index (χ2v) is 6.03. The number of benzene rings is 1. The first-order valence-electron chi connectivity index (χ1n) is 7.60. The average molecular weight is 361 g/mol. The highest BCUT2D eigenvalue weighted by Gasteiger charge is 2.23. The number of amides is 1. The highest BCUT2D eigenvalue weighted by Crippen LogP contribution is 2.32. The SMILES string of the molecule is COc1ccc(C(C)(C)CNC(=O)CC(CN)OC)cc1OC.Cl. The molecule has 7 heteroatoms. The normalized spacial score (nSPS) is 12.1. The molecule has 6 nitrogen and oxygen atoms in total. The van der Waals surface area contributed by atoms with Crippen LogP contribution in [0, 0.1) is 0 Å². The van der Waals surface area contributed by atoms with Crippen LogP contribution in [0.2, 0.25) is 0 Å². The number of hydrogen-bond donors (Lipinski definition) is 2. The average Bonchev–Trinajstić information content (AvgIpc) is 2.57. The fourth-order valence-corrected chi connectivity index (χ4v) is 2.22. The summed E-state index contributed by atoms with van der Waals surface area (Å²) in [6, 6.07) is 5.78. The molecule has 0 heterocycles. The second-order valence-electron chi connectivity index (χ2n) is 6.03. The maximum atomic E-state index is 12.0. The van der Waals surface area contributed by atoms with E-state index in [1.807, 2.05) is 18.2 Å². The first-order chi connectivity index (χ1) is 10.9. The largest absolute Gasteiger partial charge is 0.493 e. The fraction of sp³-hybridized carbons (Fsp3) is 0.588. The minimum atomic E-state index is -0.251. The van der Waals surface area contributed by atoms with E-state index >= 15 is 0 Å². The molecule has 0 fully saturated rings. The molecule has 1 atom stereocenters. The molecule has 1 amide bonds. The van der Waals surface area contributed by atoms with Gasteiger partial charge >= 0.3 is 0 Å². The van der Waals surface area contributed by atoms with Crippen LogP contribution in [0.15, 0.2) is 18.2 Å². The topological polar surface area (TPSA) is 82.8 Å². The van der Waals surface area contributed by atoms with Crippen LogP contribution in [0.1, 0.15) is 25.8 Å². The molecule has 0 aliphatic heterocycles. The van der Waals surface area contributed by atoms with Gasteiger partial charge in [0.2, 0.25) is 5.91 Å². The number of ether oxygens (including phenoxy) is 3. The fourth-order valence-electron chi connectivity index (χ4n) is 2.22. The van der Waals surface area contributed by atoms with Gasteiger partial charge in [-0.2, -0.15) is 0 Å². The Balaban J connectivity index is 0.00000529. The number of halogens is 1. The smallest absolute Gasteiger partial charge is 0.222 e. The maximum absolute atomic E-state index is 12.0. The lowest BCUT2D eigenvalue weighted by Gasteiger charge is -2.27. The van der Waals surface area contributed by atoms with Crippen LogP contribution in [-0.4, -0.2) is 46.4 Å². The third-order valence-corrected chi connectivity index (χ3v) is 3.90. The Kier molecular flexibility index (Phi) is 9.73. The van der Waals surface area contributed by atoms with Crippen molar-refractivity contribution in [2.75, 3.05) is 34.4 Å². The van der Waals surface area contributed by atoms with Crippen molar-refractivity contribution in [2.45, 2.75) is 31.8 Å². The highest BCUT2D eigenvalue weighted by molar-refractivity contribution is 5.85. The van der Waals surface area contributed by atoms with Gasteiger partial charge < -0.3 is 25.3 Å². The van der Waals surface area contributed by atoms with E-state index in [-0.39, 0.29) is 36.3 Å². The van der Waals surface area contributed by atoms with Gasteiger partial charge in [-0.05, 0) is 17.7 Å². The van der Waals surface area contributed by atoms with Crippen LogP contribution in [0.5, 0.6) is 11.5 Å². The molecule has 0 saturated heterocycles. The number of nitrogens with one attached hydrogen (secondary N) is 1. The quantitative estimate of drug-likeness (QED) is 0.702. The minimum absolute atomic E-state index is 0. The standard InChI is InChI=1S/C17H28N2O4.ClH/c1-17(2,11-19-16(20)9-13(10-18)21-3)12-6-7-14(22-4)15(8-12)23-5;/h6-8,13H,9-11,18H2,1-5H3,(H,19,20);1H. The number of carbonyl (C=O) groups is 1. The van der Waals surface area contributed by atoms with Gasteiger partial charge in [0, 0.05) is 25.6 Å². The first-order valence-corrected chi connectivity index (χ1v) is 7.60. The van der Waals surface area contributed by atoms with Crippen molar-refractivity contribution >= 4 is 18.3 Å². The zero-order chi connectivity index (χ0) is 17.5. The van der Waals surface area contributed by atoms with E-state index in [1.165, 1.54) is 0 Å². The monoisotopic (exact) mass is 360 g/mol. The van der Waals surface area contributed by atoms with E-state index in [9.17, 15) is 4.79 Å². The Bertz CT molecular complexity index is 519. The first kappa shape index (κ1) is 22.5. The summed E-state index contributed by atoms with van der Waals surface area (Å²) < 4.78 is 15.7. The Hall–Kier alpha value is -1.50. The molecule has 0 aliphatic carbocycles. The van der Waals surface area contributed by atoms with E-state index < -0.39 is 0 Å². The number of carbonyl (C=O) groups excluding carboxylic acids is 1. The molecule has 0 radical (unpaired) electrons. The predicted octanol–water partition coefficient (Wildman–Crippen LogP) is 1.88. The number of hydrogen-bond acceptors (Lipinski definition) is 5. The molecule has 1 aromatic rings. The summed E-state index contributed by atoms with van der Waals surface area (Å²) in [5, 5.41) is 2.94. The third-order valence-electron chi connectivity index (χ3n) is 3.90. The van der Waals surface area contributed by atoms with Crippen molar-refractivity contribution in [1.29, 1.82) is 0 Å². The Morgan fingerprint density at radius 3 is 2.33 bits per heavy atom. The second kappa shape index (κ2) is 10.4. The molecule has 0 aromatic heterocycles. The summed E-state index contributed by atoms with van der Waals surface area (Å²) in [6.07, 6.45) is 0.00819. The van der Waals surface area contributed by atoms with Crippen LogP contribution >= 0.6 is 12.4 Å². The molecule has 24 heavy (non-hydrogen) atoms. The van der Waals surface area contributed by atoms with Crippen molar-refractivity contribution < 1.29 is 19.0 Å². The summed E-state index contributed by atoms with van der Waals surface area (Å²) in [5.74, 6) is 1.28. The van der Waals surface area contributed by atoms with Crippen molar-refractivity contribution in [3.05, 3.63) is 23.8 Å². The van der Waals surface area contributed by atoms with Gasteiger partial charge in [-0.15, -0.1) is 12.4 Å². The van der Waals surface area contributed by atoms with Crippen molar-refractivity contribution in [1.82, 2.24) is 5.32 Å². The molecule has 0 saturated carbocycles. The van der Waals surface area contributed by atoms with Gasteiger partial charge in [-0.3, -0.25) is 4.79 Å². The molecule has 1 unspecified atom stereocenters. The number of rotatable bonds is 9. The predicted molar refractivity (Wildman–Crippen MR) is 97.3 cm³/mol. The maximum Gasteiger partial charge on any atom is 0.222 e. The molecule has 0 bridgehead atoms. The molecule has 1 rings (SSSR count). The summed E-state index contributed by atoms with van der Waals surface area (Å²) in [6.45, 7) is 4.95. The third kappa shape index (κ3) is 6.19. The van der Waals surface area contributed by atoms with Crippen LogP contribution in [0.4, 0.5) is 0 Å². The molecular weight excluding hydrogens is 332 g/mol. The zero-order valence-corrected chi connectivity index (χ0v) is 15.9. The van der Waals surface area contributed by atoms with Crippen LogP contribution in [0.25, 0.3) is 0 Å². The van der Waals surface area contributed by atoms with E-state index in [4.69, 9.17) is 19.9 Å². The summed E-state index contributed by atoms with van der Waals surface area (Å²) in [5.41, 5.74) is 6.34. The van der Waals surface area contributed by atoms with Crippen molar-refractivity contribution in [3.63, 3.8) is 0 Å². The lowest BCUT2D eigenvalue weighted by Crippen LogP contribution is -2.39. The molecular formula is C17H29ClN2O4. The van der Waals surface area contributed by atoms with Crippen molar-refractivity contribution in [3.8, 4) is 11.5 Å². The van der Waals surface area contributed by atoms with Crippen molar-refractivity contribution in [2.24, 2.45) is 5.73 Å². The molecule has 1 aromatic carbocycles. The lowest BCUT2D eigenvalue weighted by molar-refractivity contribution is -0.123. The summed E-state index contributed by atoms with van der Waals surface area (Å²) in [4.78, 5) is 12.0. The van der Waals surface area contributed by atoms with Gasteiger partial charge in [-0.25, -0.2) is 0 Å². The number of nitrogens with two attached hydrogens (primary N) is 1. The molecule has 0 aliphatic rings. The van der Waals surface area contributed by atoms with Gasteiger partial charge in [0.15, 0.2) is 11.5 Å². The minimum Gasteiger partial charge on any atom is -0.493 e. The molecule has 0 spiro atoms.